The molecule has 0 aliphatic carbocycles. The van der Waals surface area contributed by atoms with Crippen LogP contribution in [0, 0.1) is 6.07 Å². The molecule has 0 saturated heterocycles. The molecule has 3 N–H and O–H groups in total. The van der Waals surface area contributed by atoms with Crippen molar-refractivity contribution in [2.45, 2.75) is 13.0 Å². The number of primary amides is 1. The average molecular weight is 320 g/mol. The van der Waals surface area contributed by atoms with Crippen molar-refractivity contribution in [1.82, 2.24) is 4.98 Å². The van der Waals surface area contributed by atoms with Crippen molar-refractivity contribution in [3.8, 4) is 5.75 Å². The molecular formula is C19H18N3O2. The lowest BCUT2D eigenvalue weighted by atomic mass is 10.1. The largest absolute Gasteiger partial charge is 0.496 e. The average Bonchev–Trinajstić information content (AvgIpc) is 2.60. The lowest BCUT2D eigenvalue weighted by Gasteiger charge is -2.19. The molecule has 0 aliphatic heterocycles. The van der Waals surface area contributed by atoms with Crippen molar-refractivity contribution in [3.63, 3.8) is 0 Å². The van der Waals surface area contributed by atoms with Crippen LogP contribution < -0.4 is 15.8 Å². The number of anilines is 1. The van der Waals surface area contributed by atoms with Gasteiger partial charge in [0.25, 0.3) is 5.91 Å². The first-order chi connectivity index (χ1) is 11.6. The Kier molecular flexibility index (Phi) is 4.33. The van der Waals surface area contributed by atoms with Gasteiger partial charge in [-0.15, -0.1) is 0 Å². The summed E-state index contributed by atoms with van der Waals surface area (Å²) in [5.41, 5.74) is 7.57. The van der Waals surface area contributed by atoms with Crippen LogP contribution in [0.15, 0.2) is 48.5 Å². The van der Waals surface area contributed by atoms with Crippen LogP contribution in [0.25, 0.3) is 10.9 Å². The molecule has 0 spiro atoms. The third-order valence-corrected chi connectivity index (χ3v) is 3.87. The zero-order valence-electron chi connectivity index (χ0n) is 13.5. The van der Waals surface area contributed by atoms with Crippen LogP contribution in [0.3, 0.4) is 0 Å². The van der Waals surface area contributed by atoms with Crippen LogP contribution in [0.2, 0.25) is 0 Å². The van der Waals surface area contributed by atoms with Gasteiger partial charge in [0.2, 0.25) is 0 Å². The topological polar surface area (TPSA) is 77.2 Å². The maximum atomic E-state index is 11.8. The van der Waals surface area contributed by atoms with Crippen LogP contribution in [0.4, 0.5) is 5.82 Å². The zero-order chi connectivity index (χ0) is 17.1. The third kappa shape index (κ3) is 3.01. The Balaban J connectivity index is 2.02. The summed E-state index contributed by atoms with van der Waals surface area (Å²) in [5, 5.41) is 4.02. The minimum atomic E-state index is -0.531. The molecule has 1 amide bonds. The van der Waals surface area contributed by atoms with Gasteiger partial charge >= 0.3 is 0 Å². The third-order valence-electron chi connectivity index (χ3n) is 3.87. The van der Waals surface area contributed by atoms with Crippen molar-refractivity contribution < 1.29 is 9.53 Å². The molecular weight excluding hydrogens is 302 g/mol. The monoisotopic (exact) mass is 320 g/mol. The summed E-state index contributed by atoms with van der Waals surface area (Å²) < 4.78 is 5.40. The predicted octanol–water partition coefficient (Wildman–Crippen LogP) is 3.32. The van der Waals surface area contributed by atoms with E-state index in [-0.39, 0.29) is 6.04 Å². The molecule has 1 unspecified atom stereocenters. The maximum absolute atomic E-state index is 11.8. The molecule has 0 fully saturated rings. The number of benzene rings is 2. The predicted molar refractivity (Wildman–Crippen MR) is 94.1 cm³/mol. The van der Waals surface area contributed by atoms with E-state index in [2.05, 4.69) is 16.4 Å². The lowest BCUT2D eigenvalue weighted by molar-refractivity contribution is 0.100. The number of nitrogens with zero attached hydrogens (tertiary/aromatic N) is 1. The first-order valence-electron chi connectivity index (χ1n) is 7.61. The summed E-state index contributed by atoms with van der Waals surface area (Å²) in [5.74, 6) is 0.691. The van der Waals surface area contributed by atoms with Gasteiger partial charge in [0.05, 0.1) is 24.2 Å². The van der Waals surface area contributed by atoms with Gasteiger partial charge in [-0.2, -0.15) is 0 Å². The fourth-order valence-corrected chi connectivity index (χ4v) is 2.65. The van der Waals surface area contributed by atoms with Gasteiger partial charge in [-0.25, -0.2) is 4.98 Å². The summed E-state index contributed by atoms with van der Waals surface area (Å²) in [7, 11) is 1.63. The number of hydrogen-bond acceptors (Lipinski definition) is 4. The summed E-state index contributed by atoms with van der Waals surface area (Å²) in [6.07, 6.45) is 0. The SMILES string of the molecule is COc1ccccc1C(C)Nc1nc2ccc[c]c2cc1C(N)=O. The van der Waals surface area contributed by atoms with E-state index in [1.54, 1.807) is 19.2 Å². The van der Waals surface area contributed by atoms with Gasteiger partial charge < -0.3 is 15.8 Å². The van der Waals surface area contributed by atoms with Crippen molar-refractivity contribution in [2.24, 2.45) is 5.73 Å². The molecule has 3 aromatic rings. The number of aromatic nitrogens is 1. The molecule has 1 atom stereocenters. The van der Waals surface area contributed by atoms with Crippen LogP contribution >= 0.6 is 0 Å². The Hall–Kier alpha value is -3.08. The van der Waals surface area contributed by atoms with Gasteiger partial charge in [-0.3, -0.25) is 4.79 Å². The zero-order valence-corrected chi connectivity index (χ0v) is 13.5. The van der Waals surface area contributed by atoms with E-state index in [1.165, 1.54) is 0 Å². The molecule has 1 radical (unpaired) electrons. The number of rotatable bonds is 5. The van der Waals surface area contributed by atoms with E-state index in [9.17, 15) is 4.79 Å². The van der Waals surface area contributed by atoms with Crippen molar-refractivity contribution in [3.05, 3.63) is 65.7 Å². The minimum absolute atomic E-state index is 0.114. The molecule has 1 aromatic heterocycles. The number of fused-ring (bicyclic) bond motifs is 1. The first-order valence-corrected chi connectivity index (χ1v) is 7.61. The fourth-order valence-electron chi connectivity index (χ4n) is 2.65. The number of nitrogens with one attached hydrogen (secondary N) is 1. The number of hydrogen-bond donors (Lipinski definition) is 2. The standard InChI is InChI=1S/C19H18N3O2/c1-12(14-8-4-6-10-17(14)24-2)21-19-15(18(20)23)11-13-7-3-5-9-16(13)22-19/h3-6,8-12H,1-2H3,(H2,20,23)(H,21,22). The highest BCUT2D eigenvalue weighted by Gasteiger charge is 2.16. The van der Waals surface area contributed by atoms with Crippen LogP contribution in [0.5, 0.6) is 5.75 Å². The molecule has 0 aliphatic rings. The number of carbonyl (C=O) groups excluding carboxylic acids is 1. The highest BCUT2D eigenvalue weighted by molar-refractivity contribution is 6.01. The second-order valence-electron chi connectivity index (χ2n) is 5.46. The number of nitrogens with two attached hydrogens (primary N) is 1. The summed E-state index contributed by atoms with van der Waals surface area (Å²) in [6.45, 7) is 1.98. The first kappa shape index (κ1) is 15.8. The molecule has 5 heteroatoms. The van der Waals surface area contributed by atoms with Crippen molar-refractivity contribution >= 4 is 22.6 Å². The van der Waals surface area contributed by atoms with E-state index < -0.39 is 5.91 Å². The molecule has 3 rings (SSSR count). The summed E-state index contributed by atoms with van der Waals surface area (Å²) in [4.78, 5) is 16.3. The number of amides is 1. The van der Waals surface area contributed by atoms with E-state index >= 15 is 0 Å². The van der Waals surface area contributed by atoms with E-state index in [0.29, 0.717) is 11.4 Å². The Bertz CT molecular complexity index is 893. The van der Waals surface area contributed by atoms with Gasteiger partial charge in [0.1, 0.15) is 11.6 Å². The van der Waals surface area contributed by atoms with E-state index in [1.807, 2.05) is 43.3 Å². The number of carbonyl (C=O) groups is 1. The molecule has 5 nitrogen and oxygen atoms in total. The van der Waals surface area contributed by atoms with Crippen LogP contribution in [-0.2, 0) is 0 Å². The highest BCUT2D eigenvalue weighted by Crippen LogP contribution is 2.29. The number of pyridine rings is 1. The van der Waals surface area contributed by atoms with Gasteiger partial charge in [-0.05, 0) is 31.2 Å². The number of ether oxygens (including phenoxy) is 1. The smallest absolute Gasteiger partial charge is 0.252 e. The fraction of sp³-hybridized carbons (Fsp3) is 0.158. The van der Waals surface area contributed by atoms with Crippen LogP contribution in [0.1, 0.15) is 28.9 Å². The molecule has 121 valence electrons. The maximum Gasteiger partial charge on any atom is 0.252 e. The molecule has 1 heterocycles. The Labute approximate surface area is 140 Å². The Morgan fingerprint density at radius 2 is 2.08 bits per heavy atom. The highest BCUT2D eigenvalue weighted by atomic mass is 16.5. The number of methoxy groups -OCH3 is 1. The summed E-state index contributed by atoms with van der Waals surface area (Å²) in [6, 6.07) is 17.9. The van der Waals surface area contributed by atoms with Gasteiger partial charge in [0, 0.05) is 10.9 Å². The normalized spacial score (nSPS) is 11.9. The molecule has 24 heavy (non-hydrogen) atoms. The van der Waals surface area contributed by atoms with Gasteiger partial charge in [-0.1, -0.05) is 30.3 Å². The van der Waals surface area contributed by atoms with E-state index in [0.717, 1.165) is 22.2 Å². The molecule has 0 saturated carbocycles. The van der Waals surface area contributed by atoms with Gasteiger partial charge in [0.15, 0.2) is 0 Å². The Morgan fingerprint density at radius 1 is 1.29 bits per heavy atom. The Morgan fingerprint density at radius 3 is 2.83 bits per heavy atom. The van der Waals surface area contributed by atoms with Crippen molar-refractivity contribution in [1.29, 1.82) is 0 Å². The number of para-hydroxylation sites is 1. The lowest BCUT2D eigenvalue weighted by Crippen LogP contribution is -2.17. The minimum Gasteiger partial charge on any atom is -0.496 e. The van der Waals surface area contributed by atoms with Crippen LogP contribution in [-0.4, -0.2) is 18.0 Å². The molecule has 2 aromatic carbocycles. The molecule has 0 bridgehead atoms. The van der Waals surface area contributed by atoms with Crippen molar-refractivity contribution in [2.75, 3.05) is 12.4 Å². The quantitative estimate of drug-likeness (QED) is 0.756. The van der Waals surface area contributed by atoms with E-state index in [4.69, 9.17) is 10.5 Å². The summed E-state index contributed by atoms with van der Waals surface area (Å²) >= 11 is 0. The second kappa shape index (κ2) is 6.58. The second-order valence-corrected chi connectivity index (χ2v) is 5.46.